The molecule has 0 amide bonds. The van der Waals surface area contributed by atoms with Crippen molar-refractivity contribution in [2.45, 2.75) is 0 Å². The number of rotatable bonds is 1. The lowest BCUT2D eigenvalue weighted by Gasteiger charge is -2.02. The van der Waals surface area contributed by atoms with E-state index in [1.165, 1.54) is 0 Å². The van der Waals surface area contributed by atoms with Gasteiger partial charge in [0.1, 0.15) is 0 Å². The molecular formula is C12H8BrClN4. The molecule has 0 fully saturated rings. The number of hydrogen-bond acceptors (Lipinski definition) is 3. The van der Waals surface area contributed by atoms with Crippen molar-refractivity contribution < 1.29 is 0 Å². The van der Waals surface area contributed by atoms with E-state index in [9.17, 15) is 0 Å². The SMILES string of the molecule is Nc1ccc2nnc(-c3cc(Cl)cc(Br)c3)n2c1. The van der Waals surface area contributed by atoms with E-state index in [2.05, 4.69) is 26.1 Å². The summed E-state index contributed by atoms with van der Waals surface area (Å²) in [7, 11) is 0. The van der Waals surface area contributed by atoms with Crippen LogP contribution in [0.15, 0.2) is 41.0 Å². The number of hydrogen-bond donors (Lipinski definition) is 1. The first-order valence-corrected chi connectivity index (χ1v) is 6.37. The highest BCUT2D eigenvalue weighted by Gasteiger charge is 2.09. The monoisotopic (exact) mass is 322 g/mol. The van der Waals surface area contributed by atoms with E-state index in [0.29, 0.717) is 16.5 Å². The Labute approximate surface area is 117 Å². The minimum absolute atomic E-state index is 0.639. The Morgan fingerprint density at radius 2 is 2.00 bits per heavy atom. The number of halogens is 2. The summed E-state index contributed by atoms with van der Waals surface area (Å²) in [5.74, 6) is 0.709. The van der Waals surface area contributed by atoms with Crippen molar-refractivity contribution in [2.75, 3.05) is 5.73 Å². The number of fused-ring (bicyclic) bond motifs is 1. The lowest BCUT2D eigenvalue weighted by molar-refractivity contribution is 1.11. The van der Waals surface area contributed by atoms with Gasteiger partial charge in [-0.3, -0.25) is 4.40 Å². The summed E-state index contributed by atoms with van der Waals surface area (Å²) in [5, 5.41) is 8.90. The van der Waals surface area contributed by atoms with E-state index in [0.717, 1.165) is 15.7 Å². The molecule has 0 radical (unpaired) electrons. The number of nitrogens with zero attached hydrogens (tertiary/aromatic N) is 3. The summed E-state index contributed by atoms with van der Waals surface area (Å²) >= 11 is 9.45. The normalized spacial score (nSPS) is 11.0. The molecule has 4 nitrogen and oxygen atoms in total. The number of anilines is 1. The predicted molar refractivity (Wildman–Crippen MR) is 75.5 cm³/mol. The number of pyridine rings is 1. The van der Waals surface area contributed by atoms with Crippen LogP contribution in [0.25, 0.3) is 17.0 Å². The number of nitrogens with two attached hydrogens (primary N) is 1. The lowest BCUT2D eigenvalue weighted by Crippen LogP contribution is -1.93. The Kier molecular flexibility index (Phi) is 2.72. The molecule has 18 heavy (non-hydrogen) atoms. The summed E-state index contributed by atoms with van der Waals surface area (Å²) < 4.78 is 2.73. The van der Waals surface area contributed by atoms with Gasteiger partial charge in [-0.15, -0.1) is 10.2 Å². The van der Waals surface area contributed by atoms with Gasteiger partial charge in [-0.1, -0.05) is 27.5 Å². The van der Waals surface area contributed by atoms with Crippen LogP contribution in [-0.4, -0.2) is 14.6 Å². The fraction of sp³-hybridized carbons (Fsp3) is 0. The molecule has 0 aliphatic carbocycles. The summed E-state index contributed by atoms with van der Waals surface area (Å²) in [4.78, 5) is 0. The zero-order chi connectivity index (χ0) is 12.7. The van der Waals surface area contributed by atoms with Crippen LogP contribution in [-0.2, 0) is 0 Å². The number of benzene rings is 1. The first-order chi connectivity index (χ1) is 8.63. The van der Waals surface area contributed by atoms with Gasteiger partial charge in [0.2, 0.25) is 0 Å². The van der Waals surface area contributed by atoms with Crippen molar-refractivity contribution >= 4 is 38.9 Å². The number of nitrogen functional groups attached to an aromatic ring is 1. The number of aromatic nitrogens is 3. The van der Waals surface area contributed by atoms with Crippen LogP contribution in [0.2, 0.25) is 5.02 Å². The molecule has 0 aliphatic rings. The van der Waals surface area contributed by atoms with Gasteiger partial charge >= 0.3 is 0 Å². The highest BCUT2D eigenvalue weighted by atomic mass is 79.9. The van der Waals surface area contributed by atoms with Crippen LogP contribution in [0.4, 0.5) is 5.69 Å². The molecule has 0 bridgehead atoms. The highest BCUT2D eigenvalue weighted by molar-refractivity contribution is 9.10. The second kappa shape index (κ2) is 4.26. The van der Waals surface area contributed by atoms with Crippen LogP contribution < -0.4 is 5.73 Å². The summed E-state index contributed by atoms with van der Waals surface area (Å²) in [6.45, 7) is 0. The predicted octanol–water partition coefficient (Wildman–Crippen LogP) is 3.39. The lowest BCUT2D eigenvalue weighted by atomic mass is 10.2. The van der Waals surface area contributed by atoms with Crippen LogP contribution in [0.3, 0.4) is 0 Å². The van der Waals surface area contributed by atoms with E-state index in [1.807, 2.05) is 28.7 Å². The van der Waals surface area contributed by atoms with Gasteiger partial charge in [0.25, 0.3) is 0 Å². The standard InChI is InChI=1S/C12H8BrClN4/c13-8-3-7(4-9(14)5-8)12-17-16-11-2-1-10(15)6-18(11)12/h1-6H,15H2. The molecule has 0 saturated carbocycles. The summed E-state index contributed by atoms with van der Waals surface area (Å²) in [6, 6.07) is 9.22. The zero-order valence-electron chi connectivity index (χ0n) is 9.14. The van der Waals surface area contributed by atoms with Crippen molar-refractivity contribution in [1.82, 2.24) is 14.6 Å². The molecule has 3 rings (SSSR count). The summed E-state index contributed by atoms with van der Waals surface area (Å²) in [6.07, 6.45) is 1.79. The van der Waals surface area contributed by atoms with Crippen molar-refractivity contribution in [3.63, 3.8) is 0 Å². The van der Waals surface area contributed by atoms with Gasteiger partial charge in [-0.05, 0) is 30.3 Å². The third kappa shape index (κ3) is 1.95. The minimum atomic E-state index is 0.639. The molecule has 2 heterocycles. The van der Waals surface area contributed by atoms with Gasteiger partial charge in [-0.25, -0.2) is 0 Å². The third-order valence-corrected chi connectivity index (χ3v) is 3.22. The minimum Gasteiger partial charge on any atom is -0.398 e. The molecule has 2 N–H and O–H groups in total. The Hall–Kier alpha value is -1.59. The molecule has 6 heteroatoms. The van der Waals surface area contributed by atoms with Crippen LogP contribution in [0.5, 0.6) is 0 Å². The zero-order valence-corrected chi connectivity index (χ0v) is 11.5. The fourth-order valence-electron chi connectivity index (χ4n) is 1.79. The topological polar surface area (TPSA) is 56.2 Å². The van der Waals surface area contributed by atoms with Gasteiger partial charge in [0.05, 0.1) is 0 Å². The van der Waals surface area contributed by atoms with Crippen molar-refractivity contribution in [2.24, 2.45) is 0 Å². The fourth-order valence-corrected chi connectivity index (χ4v) is 2.65. The highest BCUT2D eigenvalue weighted by Crippen LogP contribution is 2.27. The first kappa shape index (κ1) is 11.5. The molecular weight excluding hydrogens is 316 g/mol. The van der Waals surface area contributed by atoms with Gasteiger partial charge in [-0.2, -0.15) is 0 Å². The van der Waals surface area contributed by atoms with Crippen LogP contribution in [0, 0.1) is 0 Å². The van der Waals surface area contributed by atoms with Gasteiger partial charge in [0.15, 0.2) is 11.5 Å². The van der Waals surface area contributed by atoms with Crippen LogP contribution in [0.1, 0.15) is 0 Å². The Morgan fingerprint density at radius 3 is 2.78 bits per heavy atom. The maximum Gasteiger partial charge on any atom is 0.168 e. The Bertz CT molecular complexity index is 718. The van der Waals surface area contributed by atoms with E-state index in [1.54, 1.807) is 12.3 Å². The smallest absolute Gasteiger partial charge is 0.168 e. The quantitative estimate of drug-likeness (QED) is 0.747. The summed E-state index contributed by atoms with van der Waals surface area (Å²) in [5.41, 5.74) is 8.06. The third-order valence-electron chi connectivity index (χ3n) is 2.55. The molecule has 0 saturated heterocycles. The van der Waals surface area contributed by atoms with E-state index in [-0.39, 0.29) is 0 Å². The maximum atomic E-state index is 6.04. The van der Waals surface area contributed by atoms with E-state index < -0.39 is 0 Å². The molecule has 0 unspecified atom stereocenters. The average molecular weight is 324 g/mol. The second-order valence-corrected chi connectivity index (χ2v) is 5.22. The van der Waals surface area contributed by atoms with Crippen LogP contribution >= 0.6 is 27.5 Å². The molecule has 1 aromatic carbocycles. The second-order valence-electron chi connectivity index (χ2n) is 3.87. The van der Waals surface area contributed by atoms with E-state index >= 15 is 0 Å². The largest absolute Gasteiger partial charge is 0.398 e. The average Bonchev–Trinajstić information content (AvgIpc) is 2.70. The first-order valence-electron chi connectivity index (χ1n) is 5.20. The van der Waals surface area contributed by atoms with Crippen molar-refractivity contribution in [3.05, 3.63) is 46.0 Å². The molecule has 0 atom stereocenters. The Balaban J connectivity index is 2.27. The molecule has 90 valence electrons. The molecule has 0 spiro atoms. The Morgan fingerprint density at radius 1 is 1.17 bits per heavy atom. The molecule has 3 aromatic rings. The van der Waals surface area contributed by atoms with Crippen molar-refractivity contribution in [1.29, 1.82) is 0 Å². The van der Waals surface area contributed by atoms with Gasteiger partial charge < -0.3 is 5.73 Å². The molecule has 2 aromatic heterocycles. The van der Waals surface area contributed by atoms with E-state index in [4.69, 9.17) is 17.3 Å². The van der Waals surface area contributed by atoms with Gasteiger partial charge in [0, 0.05) is 26.9 Å². The maximum absolute atomic E-state index is 6.04. The van der Waals surface area contributed by atoms with Crippen molar-refractivity contribution in [3.8, 4) is 11.4 Å². The molecule has 0 aliphatic heterocycles.